The third-order valence-corrected chi connectivity index (χ3v) is 5.58. The summed E-state index contributed by atoms with van der Waals surface area (Å²) >= 11 is 0. The van der Waals surface area contributed by atoms with Gasteiger partial charge in [-0.15, -0.1) is 0 Å². The minimum atomic E-state index is -0.409. The minimum Gasteiger partial charge on any atom is -0.494 e. The van der Waals surface area contributed by atoms with E-state index in [1.807, 2.05) is 58.1 Å². The molecule has 0 spiro atoms. The molecule has 1 aliphatic heterocycles. The van der Waals surface area contributed by atoms with E-state index in [9.17, 15) is 4.79 Å². The number of ether oxygens (including phenoxy) is 5. The van der Waals surface area contributed by atoms with Crippen molar-refractivity contribution in [1.29, 1.82) is 0 Å². The second kappa shape index (κ2) is 14.0. The largest absolute Gasteiger partial charge is 0.494 e. The Morgan fingerprint density at radius 3 is 2.56 bits per heavy atom. The Morgan fingerprint density at radius 2 is 1.92 bits per heavy atom. The Morgan fingerprint density at radius 1 is 1.17 bits per heavy atom. The van der Waals surface area contributed by atoms with Gasteiger partial charge in [0.05, 0.1) is 31.7 Å². The zero-order chi connectivity index (χ0) is 26.7. The van der Waals surface area contributed by atoms with E-state index in [-0.39, 0.29) is 13.4 Å². The molecule has 7 heteroatoms. The van der Waals surface area contributed by atoms with Crippen molar-refractivity contribution in [2.24, 2.45) is 0 Å². The first-order valence-corrected chi connectivity index (χ1v) is 12.2. The van der Waals surface area contributed by atoms with E-state index in [1.165, 1.54) is 0 Å². The molecule has 0 unspecified atom stereocenters. The third-order valence-electron chi connectivity index (χ3n) is 5.58. The predicted octanol–water partition coefficient (Wildman–Crippen LogP) is 4.65. The maximum atomic E-state index is 13.1. The molecule has 0 fully saturated rings. The molecule has 7 nitrogen and oxygen atoms in total. The number of hydrogen-bond donors (Lipinski definition) is 0. The number of rotatable bonds is 9. The normalized spacial score (nSPS) is 15.2. The van der Waals surface area contributed by atoms with Crippen LogP contribution in [0.1, 0.15) is 53.0 Å². The Bertz CT molecular complexity index is 1220. The molecule has 0 bridgehead atoms. The average Bonchev–Trinajstić information content (AvgIpc) is 3.26. The number of allylic oxidation sites excluding steroid dienone is 6. The summed E-state index contributed by atoms with van der Waals surface area (Å²) in [4.78, 5) is 17.6. The Kier molecular flexibility index (Phi) is 11.1. The molecule has 2 heterocycles. The summed E-state index contributed by atoms with van der Waals surface area (Å²) in [5.41, 5.74) is 3.03. The fraction of sp³-hybridized carbons (Fsp3) is 0.379. The number of carbonyl (C=O) groups is 1. The second-order valence-corrected chi connectivity index (χ2v) is 7.58. The van der Waals surface area contributed by atoms with E-state index in [1.54, 1.807) is 27.3 Å². The monoisotopic (exact) mass is 495 g/mol. The molecule has 0 atom stereocenters. The van der Waals surface area contributed by atoms with Crippen molar-refractivity contribution in [3.8, 4) is 0 Å². The van der Waals surface area contributed by atoms with Gasteiger partial charge in [-0.2, -0.15) is 0 Å². The van der Waals surface area contributed by atoms with Crippen LogP contribution in [0.25, 0.3) is 17.7 Å². The van der Waals surface area contributed by atoms with Crippen molar-refractivity contribution in [2.45, 2.75) is 47.5 Å². The lowest BCUT2D eigenvalue weighted by Gasteiger charge is -2.12. The molecule has 0 saturated heterocycles. The molecule has 2 aliphatic rings. The Balaban J connectivity index is 0.00000222. The van der Waals surface area contributed by atoms with Crippen molar-refractivity contribution >= 4 is 23.7 Å². The molecule has 0 saturated carbocycles. The van der Waals surface area contributed by atoms with Crippen molar-refractivity contribution in [1.82, 2.24) is 4.98 Å². The minimum absolute atomic E-state index is 0.203. The van der Waals surface area contributed by atoms with Gasteiger partial charge >= 0.3 is 5.97 Å². The summed E-state index contributed by atoms with van der Waals surface area (Å²) in [7, 11) is 3.11. The average molecular weight is 496 g/mol. The topological polar surface area (TPSA) is 76.1 Å². The summed E-state index contributed by atoms with van der Waals surface area (Å²) in [6.07, 6.45) is 10.5. The molecule has 0 aromatic carbocycles. The third kappa shape index (κ3) is 6.68. The van der Waals surface area contributed by atoms with Gasteiger partial charge in [-0.3, -0.25) is 4.98 Å². The van der Waals surface area contributed by atoms with Gasteiger partial charge < -0.3 is 23.7 Å². The van der Waals surface area contributed by atoms with Crippen LogP contribution in [0, 0.1) is 0 Å². The van der Waals surface area contributed by atoms with Crippen molar-refractivity contribution in [2.75, 3.05) is 27.6 Å². The molecule has 1 aromatic rings. The maximum absolute atomic E-state index is 13.1. The van der Waals surface area contributed by atoms with Crippen LogP contribution >= 0.6 is 0 Å². The first-order valence-electron chi connectivity index (χ1n) is 12.2. The van der Waals surface area contributed by atoms with Crippen LogP contribution in [0.3, 0.4) is 0 Å². The van der Waals surface area contributed by atoms with Gasteiger partial charge in [0, 0.05) is 23.9 Å². The van der Waals surface area contributed by atoms with E-state index in [0.29, 0.717) is 41.0 Å². The highest BCUT2D eigenvalue weighted by molar-refractivity contribution is 6.17. The summed E-state index contributed by atoms with van der Waals surface area (Å²) < 4.78 is 27.2. The molecule has 1 aliphatic carbocycles. The zero-order valence-electron chi connectivity index (χ0n) is 22.4. The highest BCUT2D eigenvalue weighted by atomic mass is 16.7. The molecule has 0 N–H and O–H groups in total. The Labute approximate surface area is 213 Å². The lowest BCUT2D eigenvalue weighted by Crippen LogP contribution is -2.32. The molecule has 0 amide bonds. The smallest absolute Gasteiger partial charge is 0.338 e. The fourth-order valence-corrected chi connectivity index (χ4v) is 3.74. The van der Waals surface area contributed by atoms with Gasteiger partial charge in [0.15, 0.2) is 17.3 Å². The van der Waals surface area contributed by atoms with Gasteiger partial charge in [-0.25, -0.2) is 4.79 Å². The lowest BCUT2D eigenvalue weighted by molar-refractivity contribution is -0.136. The summed E-state index contributed by atoms with van der Waals surface area (Å²) in [6, 6.07) is 1.83. The standard InChI is InChI=1S/C27H31NO6.C2H6/c1-7-19(14-25(31-6)18(4)30-5)17(3)13-22(27(29)32-8-2)20-11-12-28-23-15-26-24(33-16-34-26)10-9-21(20)23;1-2/h9,11-15H,4,7-8,10,16H2,1-3,5-6H3;1-2H3/b19-17+,22-13+,25-14+;. The van der Waals surface area contributed by atoms with Crippen molar-refractivity contribution in [3.63, 3.8) is 0 Å². The highest BCUT2D eigenvalue weighted by Gasteiger charge is 2.20. The predicted molar refractivity (Wildman–Crippen MR) is 141 cm³/mol. The van der Waals surface area contributed by atoms with Gasteiger partial charge in [0.25, 0.3) is 0 Å². The van der Waals surface area contributed by atoms with E-state index < -0.39 is 5.97 Å². The number of hydrogen-bond acceptors (Lipinski definition) is 7. The molecular weight excluding hydrogens is 458 g/mol. The van der Waals surface area contributed by atoms with E-state index >= 15 is 0 Å². The number of esters is 1. The summed E-state index contributed by atoms with van der Waals surface area (Å²) in [6.45, 7) is 14.1. The van der Waals surface area contributed by atoms with E-state index in [4.69, 9.17) is 23.7 Å². The number of methoxy groups -OCH3 is 2. The molecule has 194 valence electrons. The molecule has 1 aromatic heterocycles. The van der Waals surface area contributed by atoms with Crippen LogP contribution in [-0.2, 0) is 28.5 Å². The van der Waals surface area contributed by atoms with Crippen LogP contribution in [0.2, 0.25) is 0 Å². The van der Waals surface area contributed by atoms with Gasteiger partial charge in [0.1, 0.15) is 5.76 Å². The number of nitrogens with zero attached hydrogens (tertiary/aromatic N) is 1. The number of pyridine rings is 1. The molecule has 0 radical (unpaired) electrons. The number of fused-ring (bicyclic) bond motifs is 1. The van der Waals surface area contributed by atoms with Crippen molar-refractivity contribution in [3.05, 3.63) is 81.3 Å². The van der Waals surface area contributed by atoms with Gasteiger partial charge in [-0.1, -0.05) is 33.4 Å². The molecule has 3 rings (SSSR count). The number of aromatic nitrogens is 1. The van der Waals surface area contributed by atoms with E-state index in [2.05, 4.69) is 11.6 Å². The van der Waals surface area contributed by atoms with Crippen LogP contribution in [0.4, 0.5) is 0 Å². The fourth-order valence-electron chi connectivity index (χ4n) is 3.74. The quantitative estimate of drug-likeness (QED) is 0.214. The first-order chi connectivity index (χ1) is 17.4. The molecule has 36 heavy (non-hydrogen) atoms. The summed E-state index contributed by atoms with van der Waals surface area (Å²) in [5, 5.41) is 1.54. The Hall–Kier alpha value is -3.74. The first kappa shape index (κ1) is 28.5. The SMILES string of the molecule is C=C(OC)\C(=C/C(CC)=C(C)/C=C(/C(=O)OCC)c1ccnc2c1=CCC1=C(C=2)OCO1)OC.CC. The zero-order valence-corrected chi connectivity index (χ0v) is 22.4. The highest BCUT2D eigenvalue weighted by Crippen LogP contribution is 2.24. The van der Waals surface area contributed by atoms with Crippen LogP contribution < -0.4 is 10.6 Å². The van der Waals surface area contributed by atoms with Crippen LogP contribution in [0.5, 0.6) is 0 Å². The van der Waals surface area contributed by atoms with Gasteiger partial charge in [-0.05, 0) is 55.2 Å². The van der Waals surface area contributed by atoms with Crippen LogP contribution in [-0.4, -0.2) is 38.6 Å². The number of carbonyl (C=O) groups excluding carboxylic acids is 1. The van der Waals surface area contributed by atoms with Crippen LogP contribution in [0.15, 0.2) is 65.2 Å². The van der Waals surface area contributed by atoms with Crippen molar-refractivity contribution < 1.29 is 28.5 Å². The second-order valence-electron chi connectivity index (χ2n) is 7.58. The maximum Gasteiger partial charge on any atom is 0.338 e. The lowest BCUT2D eigenvalue weighted by atomic mass is 9.98. The summed E-state index contributed by atoms with van der Waals surface area (Å²) in [5.74, 6) is 1.96. The molecular formula is C29H37NO6. The van der Waals surface area contributed by atoms with E-state index in [0.717, 1.165) is 27.7 Å². The van der Waals surface area contributed by atoms with Gasteiger partial charge in [0.2, 0.25) is 6.79 Å².